The SMILES string of the molecule is C[C@H](Oc1cc(F)ccc1F)c1ccn2cnnc2c1C(F)(F)F. The van der Waals surface area contributed by atoms with Crippen LogP contribution in [0.1, 0.15) is 24.2 Å². The minimum absolute atomic E-state index is 0.258. The van der Waals surface area contributed by atoms with Gasteiger partial charge in [0.1, 0.15) is 23.8 Å². The van der Waals surface area contributed by atoms with Crippen LogP contribution in [-0.2, 0) is 6.18 Å². The summed E-state index contributed by atoms with van der Waals surface area (Å²) in [7, 11) is 0. The molecule has 0 radical (unpaired) electrons. The highest BCUT2D eigenvalue weighted by molar-refractivity contribution is 5.53. The molecular weight excluding hydrogens is 333 g/mol. The fraction of sp³-hybridized carbons (Fsp3) is 0.200. The van der Waals surface area contributed by atoms with Gasteiger partial charge in [0, 0.05) is 17.8 Å². The predicted octanol–water partition coefficient (Wildman–Crippen LogP) is 4.17. The van der Waals surface area contributed by atoms with Crippen LogP contribution in [0.25, 0.3) is 5.65 Å². The lowest BCUT2D eigenvalue weighted by atomic mass is 10.0. The summed E-state index contributed by atoms with van der Waals surface area (Å²) in [6.07, 6.45) is -3.45. The number of halogens is 5. The molecule has 0 amide bonds. The Bertz CT molecular complexity index is 890. The molecule has 0 saturated heterocycles. The molecule has 0 aliphatic rings. The van der Waals surface area contributed by atoms with Crippen LogP contribution in [0.5, 0.6) is 5.75 Å². The molecule has 0 bridgehead atoms. The lowest BCUT2D eigenvalue weighted by molar-refractivity contribution is -0.138. The van der Waals surface area contributed by atoms with E-state index < -0.39 is 40.9 Å². The first-order valence-electron chi connectivity index (χ1n) is 6.78. The molecule has 0 aliphatic carbocycles. The second-order valence-corrected chi connectivity index (χ2v) is 5.04. The summed E-state index contributed by atoms with van der Waals surface area (Å²) in [4.78, 5) is 0. The Morgan fingerprint density at radius 3 is 2.62 bits per heavy atom. The van der Waals surface area contributed by atoms with Crippen molar-refractivity contribution in [2.45, 2.75) is 19.2 Å². The molecule has 3 rings (SSSR count). The van der Waals surface area contributed by atoms with Crippen LogP contribution in [0.3, 0.4) is 0 Å². The van der Waals surface area contributed by atoms with Gasteiger partial charge in [-0.15, -0.1) is 10.2 Å². The summed E-state index contributed by atoms with van der Waals surface area (Å²) in [6.45, 7) is 1.31. The predicted molar refractivity (Wildman–Crippen MR) is 73.4 cm³/mol. The van der Waals surface area contributed by atoms with Gasteiger partial charge in [0.15, 0.2) is 17.2 Å². The average Bonchev–Trinajstić information content (AvgIpc) is 2.97. The summed E-state index contributed by atoms with van der Waals surface area (Å²) in [6, 6.07) is 3.68. The van der Waals surface area contributed by atoms with Crippen molar-refractivity contribution >= 4 is 5.65 Å². The van der Waals surface area contributed by atoms with Crippen molar-refractivity contribution in [2.24, 2.45) is 0 Å². The van der Waals surface area contributed by atoms with Crippen molar-refractivity contribution in [2.75, 3.05) is 0 Å². The zero-order valence-electron chi connectivity index (χ0n) is 12.2. The number of alkyl halides is 3. The number of ether oxygens (including phenoxy) is 1. The highest BCUT2D eigenvalue weighted by atomic mass is 19.4. The molecule has 9 heteroatoms. The number of rotatable bonds is 3. The van der Waals surface area contributed by atoms with E-state index in [-0.39, 0.29) is 5.56 Å². The Labute approximate surface area is 132 Å². The van der Waals surface area contributed by atoms with Crippen LogP contribution in [0, 0.1) is 11.6 Å². The van der Waals surface area contributed by atoms with E-state index in [2.05, 4.69) is 10.2 Å². The van der Waals surface area contributed by atoms with E-state index in [0.29, 0.717) is 0 Å². The summed E-state index contributed by atoms with van der Waals surface area (Å²) >= 11 is 0. The van der Waals surface area contributed by atoms with Crippen LogP contribution in [-0.4, -0.2) is 14.6 Å². The second-order valence-electron chi connectivity index (χ2n) is 5.04. The van der Waals surface area contributed by atoms with Gasteiger partial charge in [0.25, 0.3) is 0 Å². The minimum atomic E-state index is -4.72. The quantitative estimate of drug-likeness (QED) is 0.670. The summed E-state index contributed by atoms with van der Waals surface area (Å²) in [5.41, 5.74) is -1.69. The van der Waals surface area contributed by atoms with Crippen LogP contribution in [0.15, 0.2) is 36.8 Å². The Morgan fingerprint density at radius 1 is 1.17 bits per heavy atom. The van der Waals surface area contributed by atoms with E-state index in [9.17, 15) is 22.0 Å². The van der Waals surface area contributed by atoms with E-state index in [0.717, 1.165) is 28.9 Å². The van der Waals surface area contributed by atoms with Crippen LogP contribution in [0.2, 0.25) is 0 Å². The van der Waals surface area contributed by atoms with Gasteiger partial charge in [-0.25, -0.2) is 8.78 Å². The molecule has 2 heterocycles. The van der Waals surface area contributed by atoms with Crippen molar-refractivity contribution in [1.82, 2.24) is 14.6 Å². The van der Waals surface area contributed by atoms with E-state index >= 15 is 0 Å². The number of hydrogen-bond acceptors (Lipinski definition) is 3. The van der Waals surface area contributed by atoms with E-state index in [4.69, 9.17) is 4.74 Å². The van der Waals surface area contributed by atoms with Crippen molar-refractivity contribution < 1.29 is 26.7 Å². The maximum atomic E-state index is 13.6. The van der Waals surface area contributed by atoms with Gasteiger partial charge in [-0.3, -0.25) is 4.40 Å². The molecule has 0 aliphatic heterocycles. The number of fused-ring (bicyclic) bond motifs is 1. The third-order valence-corrected chi connectivity index (χ3v) is 3.42. The lowest BCUT2D eigenvalue weighted by Crippen LogP contribution is -2.16. The normalized spacial score (nSPS) is 13.2. The third-order valence-electron chi connectivity index (χ3n) is 3.42. The van der Waals surface area contributed by atoms with Gasteiger partial charge >= 0.3 is 6.18 Å². The highest BCUT2D eigenvalue weighted by Crippen LogP contribution is 2.38. The van der Waals surface area contributed by atoms with Gasteiger partial charge in [-0.2, -0.15) is 13.2 Å². The molecule has 3 aromatic rings. The Hall–Kier alpha value is -2.71. The van der Waals surface area contributed by atoms with E-state index in [1.54, 1.807) is 0 Å². The lowest BCUT2D eigenvalue weighted by Gasteiger charge is -2.20. The molecular formula is C15H10F5N3O. The smallest absolute Gasteiger partial charge is 0.420 e. The number of benzene rings is 1. The molecule has 4 nitrogen and oxygen atoms in total. The van der Waals surface area contributed by atoms with Gasteiger partial charge in [0.2, 0.25) is 0 Å². The van der Waals surface area contributed by atoms with Crippen molar-refractivity contribution in [3.63, 3.8) is 0 Å². The number of pyridine rings is 1. The monoisotopic (exact) mass is 343 g/mol. The van der Waals surface area contributed by atoms with E-state index in [1.807, 2.05) is 0 Å². The maximum absolute atomic E-state index is 13.6. The molecule has 0 N–H and O–H groups in total. The van der Waals surface area contributed by atoms with Gasteiger partial charge in [-0.05, 0) is 25.1 Å². The highest BCUT2D eigenvalue weighted by Gasteiger charge is 2.38. The standard InChI is InChI=1S/C15H10F5N3O/c1-8(24-12-6-9(16)2-3-11(12)17)10-4-5-23-7-21-22-14(23)13(10)15(18,19)20/h2-8H,1H3/t8-/m0/s1. The van der Waals surface area contributed by atoms with Crippen molar-refractivity contribution in [3.8, 4) is 5.75 Å². The Morgan fingerprint density at radius 2 is 1.92 bits per heavy atom. The number of hydrogen-bond donors (Lipinski definition) is 0. The summed E-state index contributed by atoms with van der Waals surface area (Å²) in [5, 5.41) is 6.92. The fourth-order valence-corrected chi connectivity index (χ4v) is 2.35. The zero-order chi connectivity index (χ0) is 17.5. The zero-order valence-corrected chi connectivity index (χ0v) is 12.2. The second kappa shape index (κ2) is 5.73. The van der Waals surface area contributed by atoms with Crippen LogP contribution >= 0.6 is 0 Å². The fourth-order valence-electron chi connectivity index (χ4n) is 2.35. The third kappa shape index (κ3) is 2.89. The molecule has 126 valence electrons. The molecule has 24 heavy (non-hydrogen) atoms. The molecule has 1 aromatic carbocycles. The first kappa shape index (κ1) is 16.2. The molecule has 1 atom stereocenters. The first-order valence-corrected chi connectivity index (χ1v) is 6.78. The van der Waals surface area contributed by atoms with Crippen molar-refractivity contribution in [3.05, 3.63) is 59.6 Å². The van der Waals surface area contributed by atoms with Gasteiger partial charge in [-0.1, -0.05) is 0 Å². The Balaban J connectivity index is 2.06. The molecule has 0 spiro atoms. The number of nitrogens with zero attached hydrogens (tertiary/aromatic N) is 3. The largest absolute Gasteiger partial charge is 0.483 e. The van der Waals surface area contributed by atoms with Crippen LogP contribution in [0.4, 0.5) is 22.0 Å². The van der Waals surface area contributed by atoms with Gasteiger partial charge < -0.3 is 4.74 Å². The van der Waals surface area contributed by atoms with E-state index in [1.165, 1.54) is 19.2 Å². The van der Waals surface area contributed by atoms with Gasteiger partial charge in [0.05, 0.1) is 0 Å². The van der Waals surface area contributed by atoms with Crippen molar-refractivity contribution in [1.29, 1.82) is 0 Å². The topological polar surface area (TPSA) is 39.4 Å². The average molecular weight is 343 g/mol. The molecule has 0 saturated carbocycles. The molecule has 2 aromatic heterocycles. The van der Waals surface area contributed by atoms with Crippen LogP contribution < -0.4 is 4.74 Å². The minimum Gasteiger partial charge on any atom is -0.483 e. The first-order chi connectivity index (χ1) is 11.3. The Kier molecular flexibility index (Phi) is 3.86. The molecule has 0 fully saturated rings. The molecule has 0 unspecified atom stereocenters. The summed E-state index contributed by atoms with van der Waals surface area (Å²) in [5.74, 6) is -2.11. The summed E-state index contributed by atoms with van der Waals surface area (Å²) < 4.78 is 73.4. The number of aromatic nitrogens is 3. The maximum Gasteiger partial charge on any atom is 0.420 e.